The molecule has 0 saturated heterocycles. The van der Waals surface area contributed by atoms with Gasteiger partial charge in [0.2, 0.25) is 0 Å². The number of hydrogen-bond acceptors (Lipinski definition) is 4. The van der Waals surface area contributed by atoms with E-state index < -0.39 is 0 Å². The highest BCUT2D eigenvalue weighted by atomic mass is 16.2. The van der Waals surface area contributed by atoms with E-state index in [4.69, 9.17) is 0 Å². The van der Waals surface area contributed by atoms with Crippen LogP contribution in [0.5, 0.6) is 0 Å². The number of nitrogens with one attached hydrogen (secondary N) is 1. The molecular weight excluding hydrogens is 326 g/mol. The molecule has 0 fully saturated rings. The Morgan fingerprint density at radius 3 is 2.58 bits per heavy atom. The first-order chi connectivity index (χ1) is 12.6. The molecule has 0 radical (unpaired) electrons. The normalized spacial score (nSPS) is 10.7. The Morgan fingerprint density at radius 1 is 1.15 bits per heavy atom. The van der Waals surface area contributed by atoms with Crippen LogP contribution in [0.25, 0.3) is 11.3 Å². The number of aryl methyl sites for hydroxylation is 2. The average molecular weight is 349 g/mol. The molecule has 0 bridgehead atoms. The topological polar surface area (TPSA) is 74.8 Å². The van der Waals surface area contributed by atoms with Crippen LogP contribution in [0.1, 0.15) is 40.9 Å². The highest BCUT2D eigenvalue weighted by molar-refractivity contribution is 5.94. The van der Waals surface area contributed by atoms with Gasteiger partial charge in [0.05, 0.1) is 17.9 Å². The van der Waals surface area contributed by atoms with Gasteiger partial charge in [-0.15, -0.1) is 0 Å². The number of carbonyl (C=O) groups is 1. The van der Waals surface area contributed by atoms with Crippen LogP contribution >= 0.6 is 0 Å². The number of aromatic amines is 1. The van der Waals surface area contributed by atoms with Crippen molar-refractivity contribution in [2.45, 2.75) is 33.2 Å². The minimum absolute atomic E-state index is 0.0308. The van der Waals surface area contributed by atoms with Gasteiger partial charge in [0, 0.05) is 36.5 Å². The highest BCUT2D eigenvalue weighted by Gasteiger charge is 2.13. The Morgan fingerprint density at radius 2 is 1.92 bits per heavy atom. The summed E-state index contributed by atoms with van der Waals surface area (Å²) in [4.78, 5) is 23.4. The Labute approximate surface area is 153 Å². The van der Waals surface area contributed by atoms with Gasteiger partial charge >= 0.3 is 0 Å². The third-order valence-corrected chi connectivity index (χ3v) is 4.11. The molecule has 0 atom stereocenters. The maximum atomic E-state index is 12.6. The number of benzene rings is 1. The van der Waals surface area contributed by atoms with Crippen LogP contribution in [-0.4, -0.2) is 38.0 Å². The fourth-order valence-electron chi connectivity index (χ4n) is 2.82. The Kier molecular flexibility index (Phi) is 5.41. The van der Waals surface area contributed by atoms with Gasteiger partial charge in [-0.2, -0.15) is 5.10 Å². The van der Waals surface area contributed by atoms with Gasteiger partial charge in [-0.05, 0) is 37.6 Å². The van der Waals surface area contributed by atoms with Gasteiger partial charge in [0.1, 0.15) is 5.82 Å². The van der Waals surface area contributed by atoms with Crippen LogP contribution in [0, 0.1) is 6.92 Å². The molecule has 0 unspecified atom stereocenters. The van der Waals surface area contributed by atoms with Gasteiger partial charge < -0.3 is 4.90 Å². The lowest BCUT2D eigenvalue weighted by Gasteiger charge is -2.16. The van der Waals surface area contributed by atoms with Crippen LogP contribution in [0.4, 0.5) is 0 Å². The molecule has 0 saturated carbocycles. The van der Waals surface area contributed by atoms with Gasteiger partial charge in [-0.1, -0.05) is 19.1 Å². The summed E-state index contributed by atoms with van der Waals surface area (Å²) < 4.78 is 0. The predicted octanol–water partition coefficient (Wildman–Crippen LogP) is 3.40. The van der Waals surface area contributed by atoms with E-state index in [-0.39, 0.29) is 5.91 Å². The Balaban J connectivity index is 1.77. The summed E-state index contributed by atoms with van der Waals surface area (Å²) in [7, 11) is 1.78. The van der Waals surface area contributed by atoms with Crippen LogP contribution in [0.15, 0.2) is 42.6 Å². The lowest BCUT2D eigenvalue weighted by Crippen LogP contribution is -2.26. The van der Waals surface area contributed by atoms with E-state index in [2.05, 4.69) is 27.1 Å². The average Bonchev–Trinajstić information content (AvgIpc) is 3.14. The number of amides is 1. The van der Waals surface area contributed by atoms with Crippen LogP contribution in [0.2, 0.25) is 0 Å². The second kappa shape index (κ2) is 7.91. The molecule has 0 spiro atoms. The van der Waals surface area contributed by atoms with Crippen molar-refractivity contribution < 1.29 is 4.79 Å². The van der Waals surface area contributed by atoms with Gasteiger partial charge in [0.25, 0.3) is 5.91 Å². The fraction of sp³-hybridized carbons (Fsp3) is 0.300. The quantitative estimate of drug-likeness (QED) is 0.740. The number of hydrogen-bond donors (Lipinski definition) is 1. The molecule has 134 valence electrons. The first kappa shape index (κ1) is 17.8. The fourth-order valence-corrected chi connectivity index (χ4v) is 2.82. The molecule has 0 aliphatic heterocycles. The largest absolute Gasteiger partial charge is 0.336 e. The van der Waals surface area contributed by atoms with Crippen molar-refractivity contribution in [3.05, 3.63) is 65.4 Å². The first-order valence-electron chi connectivity index (χ1n) is 8.75. The molecule has 1 amide bonds. The molecule has 6 heteroatoms. The molecule has 0 aliphatic rings. The van der Waals surface area contributed by atoms with E-state index in [0.29, 0.717) is 12.1 Å². The Hall–Kier alpha value is -3.02. The second-order valence-corrected chi connectivity index (χ2v) is 6.38. The molecule has 2 heterocycles. The summed E-state index contributed by atoms with van der Waals surface area (Å²) in [5, 5.41) is 6.77. The SMILES string of the molecule is CCCc1nc(C)cc(-c2ccc(C(=O)N(C)Cc3ccn[nH]3)cc2)n1. The highest BCUT2D eigenvalue weighted by Crippen LogP contribution is 2.20. The summed E-state index contributed by atoms with van der Waals surface area (Å²) in [6.45, 7) is 4.59. The lowest BCUT2D eigenvalue weighted by atomic mass is 10.1. The molecule has 1 N–H and O–H groups in total. The molecule has 3 aromatic rings. The van der Waals surface area contributed by atoms with Crippen molar-refractivity contribution in [2.75, 3.05) is 7.05 Å². The van der Waals surface area contributed by atoms with Gasteiger partial charge in [-0.25, -0.2) is 9.97 Å². The van der Waals surface area contributed by atoms with Crippen molar-refractivity contribution in [3.8, 4) is 11.3 Å². The molecule has 6 nitrogen and oxygen atoms in total. The standard InChI is InChI=1S/C20H23N5O/c1-4-5-19-22-14(2)12-18(23-19)15-6-8-16(9-7-15)20(26)25(3)13-17-10-11-21-24-17/h6-12H,4-5,13H2,1-3H3,(H,21,24). The number of rotatable bonds is 6. The second-order valence-electron chi connectivity index (χ2n) is 6.38. The zero-order valence-electron chi connectivity index (χ0n) is 15.4. The summed E-state index contributed by atoms with van der Waals surface area (Å²) in [6.07, 6.45) is 3.56. The van der Waals surface area contributed by atoms with E-state index in [1.807, 2.05) is 43.3 Å². The molecule has 2 aromatic heterocycles. The third kappa shape index (κ3) is 4.14. The first-order valence-corrected chi connectivity index (χ1v) is 8.75. The van der Waals surface area contributed by atoms with Crippen molar-refractivity contribution in [1.29, 1.82) is 0 Å². The van der Waals surface area contributed by atoms with Crippen molar-refractivity contribution in [3.63, 3.8) is 0 Å². The minimum Gasteiger partial charge on any atom is -0.336 e. The van der Waals surface area contributed by atoms with Crippen molar-refractivity contribution in [2.24, 2.45) is 0 Å². The summed E-state index contributed by atoms with van der Waals surface area (Å²) >= 11 is 0. The maximum absolute atomic E-state index is 12.6. The van der Waals surface area contributed by atoms with Crippen molar-refractivity contribution in [1.82, 2.24) is 25.1 Å². The lowest BCUT2D eigenvalue weighted by molar-refractivity contribution is 0.0783. The monoisotopic (exact) mass is 349 g/mol. The molecule has 1 aromatic carbocycles. The number of aromatic nitrogens is 4. The summed E-state index contributed by atoms with van der Waals surface area (Å²) in [6, 6.07) is 11.4. The molecule has 3 rings (SSSR count). The van der Waals surface area contributed by atoms with E-state index in [0.717, 1.165) is 41.3 Å². The Bertz CT molecular complexity index is 872. The molecule has 26 heavy (non-hydrogen) atoms. The van der Waals surface area contributed by atoms with E-state index in [1.54, 1.807) is 18.1 Å². The summed E-state index contributed by atoms with van der Waals surface area (Å²) in [5.74, 6) is 0.832. The van der Waals surface area contributed by atoms with E-state index in [9.17, 15) is 4.79 Å². The van der Waals surface area contributed by atoms with Gasteiger partial charge in [-0.3, -0.25) is 9.89 Å². The number of carbonyl (C=O) groups excluding carboxylic acids is 1. The van der Waals surface area contributed by atoms with Gasteiger partial charge in [0.15, 0.2) is 0 Å². The van der Waals surface area contributed by atoms with Crippen LogP contribution in [0.3, 0.4) is 0 Å². The predicted molar refractivity (Wildman–Crippen MR) is 101 cm³/mol. The smallest absolute Gasteiger partial charge is 0.253 e. The van der Waals surface area contributed by atoms with E-state index in [1.165, 1.54) is 0 Å². The minimum atomic E-state index is -0.0308. The summed E-state index contributed by atoms with van der Waals surface area (Å²) in [5.41, 5.74) is 4.39. The van der Waals surface area contributed by atoms with Crippen molar-refractivity contribution >= 4 is 5.91 Å². The van der Waals surface area contributed by atoms with E-state index >= 15 is 0 Å². The number of H-pyrrole nitrogens is 1. The van der Waals surface area contributed by atoms with Crippen LogP contribution in [-0.2, 0) is 13.0 Å². The zero-order chi connectivity index (χ0) is 18.5. The molecule has 0 aliphatic carbocycles. The zero-order valence-corrected chi connectivity index (χ0v) is 15.4. The molecular formula is C20H23N5O. The number of nitrogens with zero attached hydrogens (tertiary/aromatic N) is 4. The maximum Gasteiger partial charge on any atom is 0.253 e. The van der Waals surface area contributed by atoms with Crippen LogP contribution < -0.4 is 0 Å². The third-order valence-electron chi connectivity index (χ3n) is 4.11.